The summed E-state index contributed by atoms with van der Waals surface area (Å²) >= 11 is 0. The van der Waals surface area contributed by atoms with Gasteiger partial charge in [0.25, 0.3) is 0 Å². The van der Waals surface area contributed by atoms with Gasteiger partial charge in [0, 0.05) is 49.8 Å². The minimum atomic E-state index is 0.875. The minimum Gasteiger partial charge on any atom is -0.353 e. The first-order chi connectivity index (χ1) is 11.2. The largest absolute Gasteiger partial charge is 0.353 e. The molecule has 4 heterocycles. The predicted molar refractivity (Wildman–Crippen MR) is 88.9 cm³/mol. The van der Waals surface area contributed by atoms with Crippen molar-refractivity contribution in [3.05, 3.63) is 42.1 Å². The van der Waals surface area contributed by atoms with Gasteiger partial charge in [0.15, 0.2) is 5.65 Å². The fourth-order valence-corrected chi connectivity index (χ4v) is 2.97. The molecule has 0 spiro atoms. The van der Waals surface area contributed by atoms with Crippen LogP contribution in [0.15, 0.2) is 30.9 Å². The summed E-state index contributed by atoms with van der Waals surface area (Å²) in [5.74, 6) is 2.04. The first-order valence-corrected chi connectivity index (χ1v) is 7.81. The lowest BCUT2D eigenvalue weighted by Crippen LogP contribution is -2.47. The van der Waals surface area contributed by atoms with Crippen molar-refractivity contribution in [1.29, 1.82) is 0 Å². The molecule has 23 heavy (non-hydrogen) atoms. The van der Waals surface area contributed by atoms with Crippen LogP contribution in [0.25, 0.3) is 5.65 Å². The number of piperazine rings is 1. The highest BCUT2D eigenvalue weighted by Crippen LogP contribution is 2.21. The smallest absolute Gasteiger partial charge is 0.153 e. The number of hydrogen-bond donors (Lipinski definition) is 0. The van der Waals surface area contributed by atoms with Gasteiger partial charge in [-0.15, -0.1) is 5.10 Å². The third kappa shape index (κ3) is 2.48. The van der Waals surface area contributed by atoms with Gasteiger partial charge >= 0.3 is 0 Å². The topological polar surface area (TPSA) is 62.5 Å². The zero-order chi connectivity index (χ0) is 15.8. The number of rotatable bonds is 2. The number of imidazole rings is 1. The first-order valence-electron chi connectivity index (χ1n) is 7.81. The molecule has 0 aromatic carbocycles. The van der Waals surface area contributed by atoms with Crippen LogP contribution in [-0.4, -0.2) is 50.7 Å². The van der Waals surface area contributed by atoms with Gasteiger partial charge in [-0.25, -0.2) is 19.5 Å². The van der Waals surface area contributed by atoms with Gasteiger partial charge in [0.05, 0.1) is 0 Å². The molecule has 0 amide bonds. The van der Waals surface area contributed by atoms with Gasteiger partial charge in [-0.3, -0.25) is 0 Å². The molecule has 1 fully saturated rings. The van der Waals surface area contributed by atoms with E-state index in [1.165, 1.54) is 5.56 Å². The van der Waals surface area contributed by atoms with Crippen molar-refractivity contribution in [2.45, 2.75) is 13.8 Å². The lowest BCUT2D eigenvalue weighted by Gasteiger charge is -2.36. The molecule has 7 heteroatoms. The molecule has 1 aliphatic rings. The fraction of sp³-hybridized carbons (Fsp3) is 0.375. The van der Waals surface area contributed by atoms with E-state index in [1.807, 2.05) is 29.8 Å². The maximum absolute atomic E-state index is 4.62. The van der Waals surface area contributed by atoms with Gasteiger partial charge in [0.2, 0.25) is 0 Å². The molecule has 1 saturated heterocycles. The number of hydrogen-bond acceptors (Lipinski definition) is 6. The van der Waals surface area contributed by atoms with Crippen LogP contribution >= 0.6 is 0 Å². The van der Waals surface area contributed by atoms with Gasteiger partial charge in [-0.2, -0.15) is 0 Å². The van der Waals surface area contributed by atoms with Crippen molar-refractivity contribution in [1.82, 2.24) is 24.6 Å². The van der Waals surface area contributed by atoms with Crippen LogP contribution in [0.4, 0.5) is 11.6 Å². The average Bonchev–Trinajstić information content (AvgIpc) is 3.05. The Morgan fingerprint density at radius 3 is 2.52 bits per heavy atom. The molecular weight excluding hydrogens is 290 g/mol. The number of nitrogens with zero attached hydrogens (tertiary/aromatic N) is 7. The average molecular weight is 309 g/mol. The zero-order valence-electron chi connectivity index (χ0n) is 13.3. The molecule has 0 saturated carbocycles. The molecule has 0 N–H and O–H groups in total. The second-order valence-corrected chi connectivity index (χ2v) is 5.80. The van der Waals surface area contributed by atoms with E-state index < -0.39 is 0 Å². The molecule has 118 valence electrons. The molecule has 0 radical (unpaired) electrons. The van der Waals surface area contributed by atoms with Gasteiger partial charge < -0.3 is 9.80 Å². The lowest BCUT2D eigenvalue weighted by molar-refractivity contribution is 0.633. The van der Waals surface area contributed by atoms with Crippen LogP contribution in [0, 0.1) is 13.8 Å². The molecule has 3 aromatic heterocycles. The van der Waals surface area contributed by atoms with E-state index in [1.54, 1.807) is 12.5 Å². The van der Waals surface area contributed by atoms with Gasteiger partial charge in [-0.05, 0) is 26.0 Å². The van der Waals surface area contributed by atoms with Crippen molar-refractivity contribution in [3.8, 4) is 0 Å². The van der Waals surface area contributed by atoms with Crippen LogP contribution in [0.1, 0.15) is 11.3 Å². The Morgan fingerprint density at radius 1 is 0.913 bits per heavy atom. The first kappa shape index (κ1) is 13.9. The van der Waals surface area contributed by atoms with Crippen LogP contribution < -0.4 is 9.80 Å². The molecule has 0 bridgehead atoms. The molecule has 4 rings (SSSR count). The van der Waals surface area contributed by atoms with Crippen molar-refractivity contribution in [2.24, 2.45) is 0 Å². The molecule has 0 atom stereocenters. The molecule has 7 nitrogen and oxygen atoms in total. The molecule has 3 aromatic rings. The maximum Gasteiger partial charge on any atom is 0.153 e. The van der Waals surface area contributed by atoms with Crippen molar-refractivity contribution in [2.75, 3.05) is 36.0 Å². The Bertz CT molecular complexity index is 833. The van der Waals surface area contributed by atoms with Crippen LogP contribution in [0.2, 0.25) is 0 Å². The second-order valence-electron chi connectivity index (χ2n) is 5.80. The van der Waals surface area contributed by atoms with Gasteiger partial charge in [-0.1, -0.05) is 0 Å². The third-order valence-electron chi connectivity index (χ3n) is 4.45. The number of anilines is 2. The molecule has 1 aliphatic heterocycles. The van der Waals surface area contributed by atoms with E-state index in [-0.39, 0.29) is 0 Å². The number of aromatic nitrogens is 5. The second kappa shape index (κ2) is 5.49. The lowest BCUT2D eigenvalue weighted by atomic mass is 10.2. The van der Waals surface area contributed by atoms with Crippen LogP contribution in [0.5, 0.6) is 0 Å². The monoisotopic (exact) mass is 309 g/mol. The molecule has 0 aliphatic carbocycles. The SMILES string of the molecule is Cc1ncnc(N2CCN(c3ccc4nccn4n3)CC2)c1C. The standard InChI is InChI=1S/C16H19N7/c1-12-13(2)18-11-19-16(12)22-9-7-21(8-10-22)15-4-3-14-17-5-6-23(14)20-15/h3-6,11H,7-10H2,1-2H3. The van der Waals surface area contributed by atoms with E-state index in [4.69, 9.17) is 0 Å². The van der Waals surface area contributed by atoms with Crippen LogP contribution in [-0.2, 0) is 0 Å². The van der Waals surface area contributed by atoms with E-state index >= 15 is 0 Å². The van der Waals surface area contributed by atoms with Gasteiger partial charge in [0.1, 0.15) is 18.0 Å². The van der Waals surface area contributed by atoms with Crippen LogP contribution in [0.3, 0.4) is 0 Å². The summed E-state index contributed by atoms with van der Waals surface area (Å²) in [5, 5.41) is 4.62. The summed E-state index contributed by atoms with van der Waals surface area (Å²) < 4.78 is 1.82. The Kier molecular flexibility index (Phi) is 3.33. The summed E-state index contributed by atoms with van der Waals surface area (Å²) in [5.41, 5.74) is 3.09. The van der Waals surface area contributed by atoms with E-state index in [2.05, 4.69) is 36.8 Å². The summed E-state index contributed by atoms with van der Waals surface area (Å²) in [7, 11) is 0. The molecular formula is C16H19N7. The number of aryl methyl sites for hydroxylation is 1. The van der Waals surface area contributed by atoms with E-state index in [0.29, 0.717) is 0 Å². The van der Waals surface area contributed by atoms with E-state index in [9.17, 15) is 0 Å². The van der Waals surface area contributed by atoms with E-state index in [0.717, 1.165) is 49.2 Å². The zero-order valence-corrected chi connectivity index (χ0v) is 13.3. The molecule has 0 unspecified atom stereocenters. The number of fused-ring (bicyclic) bond motifs is 1. The Morgan fingerprint density at radius 2 is 1.70 bits per heavy atom. The minimum absolute atomic E-state index is 0.875. The summed E-state index contributed by atoms with van der Waals surface area (Å²) in [4.78, 5) is 17.6. The summed E-state index contributed by atoms with van der Waals surface area (Å²) in [6, 6.07) is 4.05. The highest BCUT2D eigenvalue weighted by Gasteiger charge is 2.21. The fourth-order valence-electron chi connectivity index (χ4n) is 2.97. The Labute approximate surface area is 134 Å². The summed E-state index contributed by atoms with van der Waals surface area (Å²) in [6.07, 6.45) is 5.30. The normalized spacial score (nSPS) is 15.4. The highest BCUT2D eigenvalue weighted by molar-refractivity contribution is 5.51. The van der Waals surface area contributed by atoms with Crippen molar-refractivity contribution in [3.63, 3.8) is 0 Å². The Balaban J connectivity index is 1.51. The Hall–Kier alpha value is -2.70. The van der Waals surface area contributed by atoms with Crippen molar-refractivity contribution < 1.29 is 0 Å². The highest BCUT2D eigenvalue weighted by atomic mass is 15.4. The predicted octanol–water partition coefficient (Wildman–Crippen LogP) is 1.46. The maximum atomic E-state index is 4.62. The third-order valence-corrected chi connectivity index (χ3v) is 4.45. The van der Waals surface area contributed by atoms with Crippen molar-refractivity contribution >= 4 is 17.3 Å². The quantitative estimate of drug-likeness (QED) is 0.714. The summed E-state index contributed by atoms with van der Waals surface area (Å²) in [6.45, 7) is 7.83.